The van der Waals surface area contributed by atoms with Crippen molar-refractivity contribution in [1.82, 2.24) is 15.1 Å². The molecule has 1 atom stereocenters. The van der Waals surface area contributed by atoms with Gasteiger partial charge in [0.05, 0.1) is 11.7 Å². The van der Waals surface area contributed by atoms with Crippen LogP contribution in [0.2, 0.25) is 0 Å². The zero-order chi connectivity index (χ0) is 20.8. The Bertz CT molecular complexity index is 1130. The molecule has 0 saturated heterocycles. The van der Waals surface area contributed by atoms with Crippen LogP contribution in [-0.2, 0) is 12.8 Å². The molecule has 0 bridgehead atoms. The molecule has 1 aromatic heterocycles. The highest BCUT2D eigenvalue weighted by molar-refractivity contribution is 5.94. The monoisotopic (exact) mass is 415 g/mol. The Kier molecular flexibility index (Phi) is 4.44. The van der Waals surface area contributed by atoms with E-state index in [1.54, 1.807) is 0 Å². The van der Waals surface area contributed by atoms with Gasteiger partial charge in [-0.15, -0.1) is 0 Å². The first kappa shape index (κ1) is 18.5. The molecule has 2 aromatic carbocycles. The number of amides is 1. The summed E-state index contributed by atoms with van der Waals surface area (Å²) < 4.78 is 13.4. The van der Waals surface area contributed by atoms with Gasteiger partial charge in [0.15, 0.2) is 17.2 Å². The van der Waals surface area contributed by atoms with Gasteiger partial charge in [-0.2, -0.15) is 5.10 Å². The summed E-state index contributed by atoms with van der Waals surface area (Å²) in [4.78, 5) is 13.4. The van der Waals surface area contributed by atoms with Crippen molar-refractivity contribution < 1.29 is 14.3 Å². The van der Waals surface area contributed by atoms with E-state index in [1.165, 1.54) is 5.69 Å². The third kappa shape index (κ3) is 3.36. The number of aromatic nitrogens is 2. The maximum absolute atomic E-state index is 13.4. The third-order valence-corrected chi connectivity index (χ3v) is 6.45. The highest BCUT2D eigenvalue weighted by atomic mass is 16.6. The number of nitrogens with one attached hydrogen (secondary N) is 1. The van der Waals surface area contributed by atoms with Crippen LogP contribution in [0, 0.1) is 5.92 Å². The average Bonchev–Trinajstić information content (AvgIpc) is 3.43. The zero-order valence-electron chi connectivity index (χ0n) is 17.3. The molecule has 6 heteroatoms. The Hall–Kier alpha value is -3.28. The lowest BCUT2D eigenvalue weighted by atomic mass is 10.0. The minimum Gasteiger partial charge on any atom is -0.486 e. The SMILES string of the molecule is O=C(NC(c1ccc2c(c1)OCCO2)C1CC1)c1nn(-c2ccccc2)c2c1CCC2. The summed E-state index contributed by atoms with van der Waals surface area (Å²) in [5.74, 6) is 1.91. The highest BCUT2D eigenvalue weighted by Crippen LogP contribution is 2.43. The number of rotatable bonds is 5. The Morgan fingerprint density at radius 1 is 1.03 bits per heavy atom. The fourth-order valence-corrected chi connectivity index (χ4v) is 4.77. The summed E-state index contributed by atoms with van der Waals surface area (Å²) >= 11 is 0. The van der Waals surface area contributed by atoms with E-state index >= 15 is 0 Å². The lowest BCUT2D eigenvalue weighted by Crippen LogP contribution is -2.31. The molecule has 6 nitrogen and oxygen atoms in total. The van der Waals surface area contributed by atoms with Gasteiger partial charge in [-0.3, -0.25) is 4.79 Å². The van der Waals surface area contributed by atoms with E-state index in [4.69, 9.17) is 14.6 Å². The number of carbonyl (C=O) groups excluding carboxylic acids is 1. The number of nitrogens with zero attached hydrogens (tertiary/aromatic N) is 2. The van der Waals surface area contributed by atoms with Crippen molar-refractivity contribution in [1.29, 1.82) is 0 Å². The summed E-state index contributed by atoms with van der Waals surface area (Å²) in [6.07, 6.45) is 5.17. The number of hydrogen-bond donors (Lipinski definition) is 1. The van der Waals surface area contributed by atoms with Gasteiger partial charge in [0.1, 0.15) is 13.2 Å². The molecule has 1 N–H and O–H groups in total. The first-order chi connectivity index (χ1) is 15.3. The van der Waals surface area contributed by atoms with Crippen LogP contribution in [0.25, 0.3) is 5.69 Å². The largest absolute Gasteiger partial charge is 0.486 e. The van der Waals surface area contributed by atoms with Gasteiger partial charge in [-0.25, -0.2) is 4.68 Å². The second-order valence-corrected chi connectivity index (χ2v) is 8.57. The fraction of sp³-hybridized carbons (Fsp3) is 0.360. The van der Waals surface area contributed by atoms with E-state index in [9.17, 15) is 4.79 Å². The van der Waals surface area contributed by atoms with Crippen LogP contribution < -0.4 is 14.8 Å². The fourth-order valence-electron chi connectivity index (χ4n) is 4.77. The summed E-state index contributed by atoms with van der Waals surface area (Å²) in [7, 11) is 0. The van der Waals surface area contributed by atoms with Crippen LogP contribution in [-0.4, -0.2) is 28.9 Å². The molecular formula is C25H25N3O3. The van der Waals surface area contributed by atoms with E-state index in [-0.39, 0.29) is 11.9 Å². The third-order valence-electron chi connectivity index (χ3n) is 6.45. The van der Waals surface area contributed by atoms with Gasteiger partial charge in [-0.1, -0.05) is 24.3 Å². The Balaban J connectivity index is 1.31. The number of benzene rings is 2. The predicted molar refractivity (Wildman–Crippen MR) is 116 cm³/mol. The topological polar surface area (TPSA) is 65.4 Å². The van der Waals surface area contributed by atoms with E-state index in [0.29, 0.717) is 24.8 Å². The van der Waals surface area contributed by atoms with Gasteiger partial charge >= 0.3 is 0 Å². The van der Waals surface area contributed by atoms with Crippen LogP contribution in [0.4, 0.5) is 0 Å². The maximum Gasteiger partial charge on any atom is 0.272 e. The van der Waals surface area contributed by atoms with E-state index in [1.807, 2.05) is 53.2 Å². The van der Waals surface area contributed by atoms with E-state index in [2.05, 4.69) is 5.32 Å². The Morgan fingerprint density at radius 3 is 2.65 bits per heavy atom. The molecule has 3 aliphatic rings. The standard InChI is InChI=1S/C25H25N3O3/c29-25(24-19-7-4-8-20(19)28(27-24)18-5-2-1-3-6-18)26-23(16-9-10-16)17-11-12-21-22(15-17)31-14-13-30-21/h1-3,5-6,11-12,15-16,23H,4,7-10,13-14H2,(H,26,29). The lowest BCUT2D eigenvalue weighted by Gasteiger charge is -2.23. The first-order valence-electron chi connectivity index (χ1n) is 11.1. The van der Waals surface area contributed by atoms with Crippen LogP contribution in [0.3, 0.4) is 0 Å². The van der Waals surface area contributed by atoms with Crippen molar-refractivity contribution in [3.8, 4) is 17.2 Å². The molecule has 2 heterocycles. The van der Waals surface area contributed by atoms with Gasteiger partial charge in [0.25, 0.3) is 5.91 Å². The van der Waals surface area contributed by atoms with Crippen LogP contribution in [0.1, 0.15) is 52.6 Å². The molecule has 6 rings (SSSR count). The predicted octanol–water partition coefficient (Wildman–Crippen LogP) is 4.01. The molecule has 1 aliphatic heterocycles. The van der Waals surface area contributed by atoms with Crippen molar-refractivity contribution in [2.45, 2.75) is 38.1 Å². The second kappa shape index (κ2) is 7.45. The smallest absolute Gasteiger partial charge is 0.272 e. The second-order valence-electron chi connectivity index (χ2n) is 8.57. The van der Waals surface area contributed by atoms with Crippen LogP contribution >= 0.6 is 0 Å². The van der Waals surface area contributed by atoms with Gasteiger partial charge in [0.2, 0.25) is 0 Å². The first-order valence-corrected chi connectivity index (χ1v) is 11.1. The number of fused-ring (bicyclic) bond motifs is 2. The molecule has 3 aromatic rings. The molecule has 1 fully saturated rings. The van der Waals surface area contributed by atoms with Crippen LogP contribution in [0.15, 0.2) is 48.5 Å². The minimum atomic E-state index is -0.0837. The lowest BCUT2D eigenvalue weighted by molar-refractivity contribution is 0.0925. The Morgan fingerprint density at radius 2 is 1.84 bits per heavy atom. The number of carbonyl (C=O) groups is 1. The maximum atomic E-state index is 13.4. The molecule has 158 valence electrons. The van der Waals surface area contributed by atoms with Crippen LogP contribution in [0.5, 0.6) is 11.5 Å². The summed E-state index contributed by atoms with van der Waals surface area (Å²) in [5.41, 5.74) is 4.90. The van der Waals surface area contributed by atoms with Crippen molar-refractivity contribution in [2.75, 3.05) is 13.2 Å². The van der Waals surface area contributed by atoms with Crippen molar-refractivity contribution >= 4 is 5.91 Å². The summed E-state index contributed by atoms with van der Waals surface area (Å²) in [6, 6.07) is 16.1. The van der Waals surface area contributed by atoms with Crippen molar-refractivity contribution in [2.24, 2.45) is 5.92 Å². The van der Waals surface area contributed by atoms with E-state index in [0.717, 1.165) is 60.4 Å². The molecule has 1 unspecified atom stereocenters. The van der Waals surface area contributed by atoms with Gasteiger partial charge in [0, 0.05) is 11.3 Å². The van der Waals surface area contributed by atoms with Crippen molar-refractivity contribution in [3.05, 3.63) is 71.0 Å². The average molecular weight is 415 g/mol. The molecule has 0 spiro atoms. The normalized spacial score (nSPS) is 17.8. The zero-order valence-corrected chi connectivity index (χ0v) is 17.3. The summed E-state index contributed by atoms with van der Waals surface area (Å²) in [6.45, 7) is 1.13. The quantitative estimate of drug-likeness (QED) is 0.684. The molecule has 2 aliphatic carbocycles. The molecular weight excluding hydrogens is 390 g/mol. The molecule has 0 radical (unpaired) electrons. The summed E-state index contributed by atoms with van der Waals surface area (Å²) in [5, 5.41) is 8.06. The van der Waals surface area contributed by atoms with Gasteiger partial charge < -0.3 is 14.8 Å². The molecule has 1 saturated carbocycles. The minimum absolute atomic E-state index is 0.0396. The Labute approximate surface area is 181 Å². The highest BCUT2D eigenvalue weighted by Gasteiger charge is 2.36. The number of ether oxygens (including phenoxy) is 2. The van der Waals surface area contributed by atoms with Crippen molar-refractivity contribution in [3.63, 3.8) is 0 Å². The molecule has 31 heavy (non-hydrogen) atoms. The van der Waals surface area contributed by atoms with E-state index < -0.39 is 0 Å². The molecule has 1 amide bonds. The number of hydrogen-bond acceptors (Lipinski definition) is 4. The van der Waals surface area contributed by atoms with Gasteiger partial charge in [-0.05, 0) is 67.9 Å². The number of para-hydroxylation sites is 1.